The Labute approximate surface area is 228 Å². The average Bonchev–Trinajstić information content (AvgIpc) is 2.97. The van der Waals surface area contributed by atoms with Crippen LogP contribution in [0.1, 0.15) is 38.3 Å². The first-order valence-electron chi connectivity index (χ1n) is 11.9. The second-order valence-electron chi connectivity index (χ2n) is 8.69. The smallest absolute Gasteiger partial charge is 0.327 e. The number of likely N-dealkylation sites (N-methyl/N-ethyl adjacent to an activating group) is 1. The van der Waals surface area contributed by atoms with Crippen molar-refractivity contribution in [2.75, 3.05) is 7.05 Å². The molecule has 1 atom stereocenters. The van der Waals surface area contributed by atoms with Crippen molar-refractivity contribution in [2.24, 2.45) is 5.84 Å². The quantitative estimate of drug-likeness (QED) is 0.119. The number of benzene rings is 2. The first kappa shape index (κ1) is 27.4. The molecule has 0 saturated heterocycles. The number of aliphatic carboxylic acids is 2. The van der Waals surface area contributed by atoms with E-state index in [1.54, 1.807) is 36.7 Å². The number of fused-ring (bicyclic) bond motifs is 1. The Morgan fingerprint density at radius 1 is 0.975 bits per heavy atom. The van der Waals surface area contributed by atoms with Gasteiger partial charge in [-0.3, -0.25) is 24.8 Å². The number of hydrogen-bond donors (Lipinski definition) is 4. The first-order chi connectivity index (χ1) is 19.2. The maximum Gasteiger partial charge on any atom is 0.327 e. The maximum atomic E-state index is 12.7. The summed E-state index contributed by atoms with van der Waals surface area (Å²) in [5, 5.41) is 18.8. The van der Waals surface area contributed by atoms with Crippen LogP contribution in [0.3, 0.4) is 0 Å². The van der Waals surface area contributed by atoms with Gasteiger partial charge in [0.1, 0.15) is 6.04 Å². The summed E-state index contributed by atoms with van der Waals surface area (Å²) >= 11 is 0. The maximum absolute atomic E-state index is 12.7. The van der Waals surface area contributed by atoms with Crippen LogP contribution in [0.4, 0.5) is 0 Å². The summed E-state index contributed by atoms with van der Waals surface area (Å²) < 4.78 is 0. The topological polar surface area (TPSA) is 176 Å². The Balaban J connectivity index is 1.51. The molecular weight excluding hydrogens is 514 g/mol. The molecule has 4 aromatic rings. The van der Waals surface area contributed by atoms with E-state index in [0.717, 1.165) is 10.5 Å². The lowest BCUT2D eigenvalue weighted by Crippen LogP contribution is -2.43. The van der Waals surface area contributed by atoms with Crippen LogP contribution in [0, 0.1) is 11.8 Å². The zero-order valence-electron chi connectivity index (χ0n) is 21.2. The van der Waals surface area contributed by atoms with Gasteiger partial charge in [-0.15, -0.1) is 0 Å². The molecule has 0 fully saturated rings. The molecule has 0 aliphatic carbocycles. The molecule has 40 heavy (non-hydrogen) atoms. The number of amides is 2. The van der Waals surface area contributed by atoms with Crippen LogP contribution in [-0.4, -0.2) is 61.9 Å². The molecule has 0 spiro atoms. The van der Waals surface area contributed by atoms with Crippen LogP contribution in [0.15, 0.2) is 73.1 Å². The molecule has 5 N–H and O–H groups in total. The second kappa shape index (κ2) is 11.8. The van der Waals surface area contributed by atoms with Gasteiger partial charge in [0.15, 0.2) is 0 Å². The van der Waals surface area contributed by atoms with Gasteiger partial charge in [-0.25, -0.2) is 15.6 Å². The Hall–Kier alpha value is -5.60. The van der Waals surface area contributed by atoms with Gasteiger partial charge in [-0.1, -0.05) is 24.0 Å². The molecule has 11 nitrogen and oxygen atoms in total. The summed E-state index contributed by atoms with van der Waals surface area (Å²) in [4.78, 5) is 56.9. The lowest BCUT2D eigenvalue weighted by molar-refractivity contribution is -0.148. The number of aromatic nitrogens is 2. The first-order valence-corrected chi connectivity index (χ1v) is 11.9. The Morgan fingerprint density at radius 2 is 1.60 bits per heavy atom. The summed E-state index contributed by atoms with van der Waals surface area (Å²) in [6, 6.07) is 15.4. The highest BCUT2D eigenvalue weighted by molar-refractivity contribution is 6.06. The minimum atomic E-state index is -1.49. The highest BCUT2D eigenvalue weighted by Crippen LogP contribution is 2.24. The number of carbonyl (C=O) groups excluding carboxylic acids is 2. The Bertz CT molecular complexity index is 1670. The number of carboxylic acid groups (broad SMARTS) is 2. The number of carboxylic acids is 2. The van der Waals surface area contributed by atoms with Crippen LogP contribution in [0.5, 0.6) is 0 Å². The van der Waals surface area contributed by atoms with Crippen molar-refractivity contribution in [3.05, 3.63) is 95.3 Å². The second-order valence-corrected chi connectivity index (χ2v) is 8.69. The van der Waals surface area contributed by atoms with Crippen LogP contribution >= 0.6 is 0 Å². The van der Waals surface area contributed by atoms with Gasteiger partial charge in [-0.2, -0.15) is 0 Å². The number of nitrogens with two attached hydrogens (primary N) is 1. The number of rotatable bonds is 7. The van der Waals surface area contributed by atoms with Gasteiger partial charge in [0.2, 0.25) is 0 Å². The van der Waals surface area contributed by atoms with E-state index < -0.39 is 36.2 Å². The molecule has 0 radical (unpaired) electrons. The monoisotopic (exact) mass is 537 g/mol. The average molecular weight is 538 g/mol. The van der Waals surface area contributed by atoms with E-state index in [1.165, 1.54) is 19.2 Å². The van der Waals surface area contributed by atoms with E-state index in [0.29, 0.717) is 33.3 Å². The van der Waals surface area contributed by atoms with Crippen molar-refractivity contribution in [3.8, 4) is 23.1 Å². The lowest BCUT2D eigenvalue weighted by Gasteiger charge is -2.23. The molecule has 2 aromatic heterocycles. The minimum absolute atomic E-state index is 0.204. The SMILES string of the molecule is CN(C(=O)c1ccc(C#Cc2ccc(-c3cc(C(=O)NN)c4cnccc4n3)cc2)cc1)C(CC(=O)O)C(=O)O. The molecule has 11 heteroatoms. The van der Waals surface area contributed by atoms with Crippen LogP contribution < -0.4 is 11.3 Å². The summed E-state index contributed by atoms with van der Waals surface area (Å²) in [5.74, 6) is 7.59. The van der Waals surface area contributed by atoms with Gasteiger partial charge >= 0.3 is 11.9 Å². The highest BCUT2D eigenvalue weighted by Gasteiger charge is 2.29. The van der Waals surface area contributed by atoms with Gasteiger partial charge < -0.3 is 15.1 Å². The number of pyridine rings is 2. The Kier molecular flexibility index (Phi) is 8.13. The number of hydrogen-bond acceptors (Lipinski definition) is 7. The van der Waals surface area contributed by atoms with Crippen molar-refractivity contribution in [1.82, 2.24) is 20.3 Å². The summed E-state index contributed by atoms with van der Waals surface area (Å²) in [7, 11) is 1.25. The van der Waals surface area contributed by atoms with E-state index in [-0.39, 0.29) is 5.56 Å². The third-order valence-corrected chi connectivity index (χ3v) is 6.09. The fourth-order valence-corrected chi connectivity index (χ4v) is 3.95. The van der Waals surface area contributed by atoms with Gasteiger partial charge in [0, 0.05) is 47.1 Å². The fraction of sp³-hybridized carbons (Fsp3) is 0.103. The number of carbonyl (C=O) groups is 4. The number of nitrogens with one attached hydrogen (secondary N) is 1. The van der Waals surface area contributed by atoms with E-state index in [4.69, 9.17) is 10.9 Å². The third-order valence-electron chi connectivity index (χ3n) is 6.09. The zero-order chi connectivity index (χ0) is 28.8. The van der Waals surface area contributed by atoms with Gasteiger partial charge in [-0.05, 0) is 48.5 Å². The van der Waals surface area contributed by atoms with Crippen molar-refractivity contribution in [1.29, 1.82) is 0 Å². The molecule has 4 rings (SSSR count). The number of nitrogen functional groups attached to an aromatic ring is 1. The predicted octanol–water partition coefficient (Wildman–Crippen LogP) is 2.30. The molecule has 2 amide bonds. The van der Waals surface area contributed by atoms with E-state index in [2.05, 4.69) is 27.2 Å². The van der Waals surface area contributed by atoms with Crippen LogP contribution in [0.25, 0.3) is 22.2 Å². The van der Waals surface area contributed by atoms with E-state index in [1.807, 2.05) is 24.3 Å². The van der Waals surface area contributed by atoms with Crippen molar-refractivity contribution < 1.29 is 29.4 Å². The summed E-state index contributed by atoms with van der Waals surface area (Å²) in [6.45, 7) is 0. The van der Waals surface area contributed by atoms with E-state index in [9.17, 15) is 24.3 Å². The molecule has 0 bridgehead atoms. The van der Waals surface area contributed by atoms with Crippen molar-refractivity contribution in [3.63, 3.8) is 0 Å². The third kappa shape index (κ3) is 6.09. The van der Waals surface area contributed by atoms with Gasteiger partial charge in [0.05, 0.1) is 23.2 Å². The van der Waals surface area contributed by atoms with Gasteiger partial charge in [0.25, 0.3) is 11.8 Å². The molecular formula is C29H23N5O6. The van der Waals surface area contributed by atoms with Crippen molar-refractivity contribution >= 4 is 34.7 Å². The molecule has 0 aliphatic rings. The van der Waals surface area contributed by atoms with Crippen LogP contribution in [-0.2, 0) is 9.59 Å². The normalized spacial score (nSPS) is 11.2. The molecule has 0 saturated carbocycles. The Morgan fingerprint density at radius 3 is 2.17 bits per heavy atom. The lowest BCUT2D eigenvalue weighted by atomic mass is 10.0. The number of nitrogens with zero attached hydrogens (tertiary/aromatic N) is 3. The molecule has 200 valence electrons. The highest BCUT2D eigenvalue weighted by atomic mass is 16.4. The summed E-state index contributed by atoms with van der Waals surface area (Å²) in [5.41, 5.74) is 5.98. The molecule has 1 unspecified atom stereocenters. The number of hydrazine groups is 1. The predicted molar refractivity (Wildman–Crippen MR) is 145 cm³/mol. The van der Waals surface area contributed by atoms with Crippen molar-refractivity contribution in [2.45, 2.75) is 12.5 Å². The van der Waals surface area contributed by atoms with Crippen LogP contribution in [0.2, 0.25) is 0 Å². The van der Waals surface area contributed by atoms with E-state index >= 15 is 0 Å². The molecule has 0 aliphatic heterocycles. The fourth-order valence-electron chi connectivity index (χ4n) is 3.95. The molecule has 2 heterocycles. The zero-order valence-corrected chi connectivity index (χ0v) is 21.2. The minimum Gasteiger partial charge on any atom is -0.481 e. The largest absolute Gasteiger partial charge is 0.481 e. The molecule has 2 aromatic carbocycles. The standard InChI is InChI=1S/C29H23N5O6/c1-34(25(29(39)40)15-26(35)36)28(38)20-10-6-18(7-11-20)3-2-17-4-8-19(9-5-17)24-14-21(27(37)33-30)22-16-31-13-12-23(22)32-24/h4-14,16,25H,15,30H2,1H3,(H,33,37)(H,35,36)(H,39,40). The summed E-state index contributed by atoms with van der Waals surface area (Å²) in [6.07, 6.45) is 2.44.